The first-order valence-corrected chi connectivity index (χ1v) is 6.21. The highest BCUT2D eigenvalue weighted by atomic mass is 14.9. The van der Waals surface area contributed by atoms with Gasteiger partial charge in [0.2, 0.25) is 0 Å². The van der Waals surface area contributed by atoms with Gasteiger partial charge in [0.15, 0.2) is 0 Å². The van der Waals surface area contributed by atoms with Crippen LogP contribution in [0.15, 0.2) is 48.5 Å². The van der Waals surface area contributed by atoms with Gasteiger partial charge < -0.3 is 5.32 Å². The molecule has 0 radical (unpaired) electrons. The Hall–Kier alpha value is -1.60. The Labute approximate surface area is 102 Å². The van der Waals surface area contributed by atoms with Crippen LogP contribution in [-0.2, 0) is 0 Å². The second-order valence-corrected chi connectivity index (χ2v) is 4.78. The summed E-state index contributed by atoms with van der Waals surface area (Å²) < 4.78 is 0. The van der Waals surface area contributed by atoms with Crippen molar-refractivity contribution in [2.45, 2.75) is 25.9 Å². The lowest BCUT2D eigenvalue weighted by Crippen LogP contribution is -2.20. The van der Waals surface area contributed by atoms with Gasteiger partial charge in [0.1, 0.15) is 0 Å². The summed E-state index contributed by atoms with van der Waals surface area (Å²) in [7, 11) is 0. The first-order valence-electron chi connectivity index (χ1n) is 6.21. The zero-order valence-electron chi connectivity index (χ0n) is 10.3. The van der Waals surface area contributed by atoms with E-state index in [4.69, 9.17) is 0 Å². The second kappa shape index (κ2) is 4.01. The van der Waals surface area contributed by atoms with Crippen molar-refractivity contribution in [3.05, 3.63) is 59.7 Å². The highest BCUT2D eigenvalue weighted by Crippen LogP contribution is 2.37. The maximum absolute atomic E-state index is 3.65. The van der Waals surface area contributed by atoms with Crippen molar-refractivity contribution >= 4 is 0 Å². The van der Waals surface area contributed by atoms with Crippen LogP contribution in [0.1, 0.15) is 37.1 Å². The maximum Gasteiger partial charge on any atom is 0.0303 e. The molecule has 0 spiro atoms. The van der Waals surface area contributed by atoms with Gasteiger partial charge in [-0.05, 0) is 36.1 Å². The van der Waals surface area contributed by atoms with E-state index in [0.717, 1.165) is 0 Å². The Kier molecular flexibility index (Phi) is 2.49. The second-order valence-electron chi connectivity index (χ2n) is 4.78. The molecule has 0 unspecified atom stereocenters. The van der Waals surface area contributed by atoms with Crippen molar-refractivity contribution in [2.24, 2.45) is 0 Å². The molecule has 0 saturated heterocycles. The highest BCUT2D eigenvalue weighted by Gasteiger charge is 2.22. The Morgan fingerprint density at radius 1 is 0.706 bits per heavy atom. The molecule has 1 aliphatic heterocycles. The molecule has 2 aromatic carbocycles. The lowest BCUT2D eigenvalue weighted by Gasteiger charge is -2.17. The fourth-order valence-electron chi connectivity index (χ4n) is 2.79. The van der Waals surface area contributed by atoms with E-state index >= 15 is 0 Å². The van der Waals surface area contributed by atoms with Crippen LogP contribution in [0.5, 0.6) is 0 Å². The largest absolute Gasteiger partial charge is 0.304 e. The Balaban J connectivity index is 2.30. The lowest BCUT2D eigenvalue weighted by atomic mass is 9.93. The molecular weight excluding hydrogens is 206 g/mol. The van der Waals surface area contributed by atoms with Crippen LogP contribution in [0.2, 0.25) is 0 Å². The van der Waals surface area contributed by atoms with E-state index in [0.29, 0.717) is 12.1 Å². The number of hydrogen-bond donors (Lipinski definition) is 1. The zero-order valence-corrected chi connectivity index (χ0v) is 10.3. The van der Waals surface area contributed by atoms with Crippen LogP contribution in [0.4, 0.5) is 0 Å². The van der Waals surface area contributed by atoms with Gasteiger partial charge in [0.25, 0.3) is 0 Å². The third-order valence-electron chi connectivity index (χ3n) is 3.64. The van der Waals surface area contributed by atoms with Crippen molar-refractivity contribution in [1.82, 2.24) is 5.32 Å². The molecule has 86 valence electrons. The van der Waals surface area contributed by atoms with Gasteiger partial charge in [-0.2, -0.15) is 0 Å². The van der Waals surface area contributed by atoms with E-state index < -0.39 is 0 Å². The van der Waals surface area contributed by atoms with Gasteiger partial charge in [0.05, 0.1) is 0 Å². The van der Waals surface area contributed by atoms with Crippen molar-refractivity contribution in [3.8, 4) is 11.1 Å². The SMILES string of the molecule is C[C@H]1N[C@H](C)c2ccccc2-c2ccccc21. The summed E-state index contributed by atoms with van der Waals surface area (Å²) in [4.78, 5) is 0. The van der Waals surface area contributed by atoms with Crippen LogP contribution in [0.3, 0.4) is 0 Å². The van der Waals surface area contributed by atoms with Gasteiger partial charge >= 0.3 is 0 Å². The van der Waals surface area contributed by atoms with Gasteiger partial charge in [-0.1, -0.05) is 48.5 Å². The first kappa shape index (κ1) is 10.5. The molecule has 17 heavy (non-hydrogen) atoms. The van der Waals surface area contributed by atoms with Crippen LogP contribution < -0.4 is 5.32 Å². The summed E-state index contributed by atoms with van der Waals surface area (Å²) in [5, 5.41) is 3.65. The van der Waals surface area contributed by atoms with Gasteiger partial charge in [-0.15, -0.1) is 0 Å². The highest BCUT2D eigenvalue weighted by molar-refractivity contribution is 5.72. The molecule has 0 amide bonds. The number of rotatable bonds is 0. The topological polar surface area (TPSA) is 12.0 Å². The van der Waals surface area contributed by atoms with Gasteiger partial charge in [-0.25, -0.2) is 0 Å². The van der Waals surface area contributed by atoms with E-state index in [-0.39, 0.29) is 0 Å². The Morgan fingerprint density at radius 3 is 1.59 bits per heavy atom. The summed E-state index contributed by atoms with van der Waals surface area (Å²) in [6.07, 6.45) is 0. The monoisotopic (exact) mass is 223 g/mol. The lowest BCUT2D eigenvalue weighted by molar-refractivity contribution is 0.502. The molecule has 0 saturated carbocycles. The summed E-state index contributed by atoms with van der Waals surface area (Å²) >= 11 is 0. The summed E-state index contributed by atoms with van der Waals surface area (Å²) in [6.45, 7) is 4.47. The average molecular weight is 223 g/mol. The van der Waals surface area contributed by atoms with Crippen molar-refractivity contribution in [1.29, 1.82) is 0 Å². The molecule has 2 aromatic rings. The predicted molar refractivity (Wildman–Crippen MR) is 71.8 cm³/mol. The molecular formula is C16H17N. The summed E-state index contributed by atoms with van der Waals surface area (Å²) in [6, 6.07) is 18.2. The molecule has 0 aromatic heterocycles. The minimum Gasteiger partial charge on any atom is -0.304 e. The molecule has 0 bridgehead atoms. The molecule has 1 N–H and O–H groups in total. The summed E-state index contributed by atoms with van der Waals surface area (Å²) in [5.41, 5.74) is 5.52. The first-order chi connectivity index (χ1) is 8.27. The molecule has 1 heterocycles. The summed E-state index contributed by atoms with van der Waals surface area (Å²) in [5.74, 6) is 0. The maximum atomic E-state index is 3.65. The van der Waals surface area contributed by atoms with Gasteiger partial charge in [0, 0.05) is 12.1 Å². The fraction of sp³-hybridized carbons (Fsp3) is 0.250. The molecule has 1 heteroatoms. The van der Waals surface area contributed by atoms with E-state index in [1.165, 1.54) is 22.3 Å². The molecule has 2 atom stereocenters. The van der Waals surface area contributed by atoms with E-state index in [9.17, 15) is 0 Å². The van der Waals surface area contributed by atoms with Gasteiger partial charge in [-0.3, -0.25) is 0 Å². The smallest absolute Gasteiger partial charge is 0.0303 e. The number of benzene rings is 2. The molecule has 1 nitrogen and oxygen atoms in total. The van der Waals surface area contributed by atoms with Crippen molar-refractivity contribution in [2.75, 3.05) is 0 Å². The Morgan fingerprint density at radius 2 is 1.12 bits per heavy atom. The van der Waals surface area contributed by atoms with Crippen LogP contribution in [-0.4, -0.2) is 0 Å². The minimum absolute atomic E-state index is 0.397. The molecule has 1 aliphatic rings. The Bertz CT molecular complexity index is 495. The van der Waals surface area contributed by atoms with E-state index in [1.807, 2.05) is 0 Å². The third kappa shape index (κ3) is 1.67. The minimum atomic E-state index is 0.397. The quantitative estimate of drug-likeness (QED) is 0.709. The van der Waals surface area contributed by atoms with Crippen molar-refractivity contribution < 1.29 is 0 Å². The molecule has 0 aliphatic carbocycles. The zero-order chi connectivity index (χ0) is 11.8. The van der Waals surface area contributed by atoms with Crippen LogP contribution in [0.25, 0.3) is 11.1 Å². The number of hydrogen-bond acceptors (Lipinski definition) is 1. The predicted octanol–water partition coefficient (Wildman–Crippen LogP) is 4.08. The molecule has 3 rings (SSSR count). The van der Waals surface area contributed by atoms with Crippen LogP contribution >= 0.6 is 0 Å². The number of nitrogens with one attached hydrogen (secondary N) is 1. The standard InChI is InChI=1S/C16H17N/c1-11-13-7-3-5-9-15(13)16-10-6-4-8-14(16)12(2)17-11/h3-12,17H,1-2H3/t11-,12-/m1/s1. The fourth-order valence-corrected chi connectivity index (χ4v) is 2.79. The average Bonchev–Trinajstić information content (AvgIpc) is 2.48. The molecule has 0 fully saturated rings. The van der Waals surface area contributed by atoms with E-state index in [1.54, 1.807) is 0 Å². The normalized spacial score (nSPS) is 22.5. The number of fused-ring (bicyclic) bond motifs is 3. The third-order valence-corrected chi connectivity index (χ3v) is 3.64. The van der Waals surface area contributed by atoms with Crippen molar-refractivity contribution in [3.63, 3.8) is 0 Å². The van der Waals surface area contributed by atoms with E-state index in [2.05, 4.69) is 67.7 Å². The van der Waals surface area contributed by atoms with Crippen LogP contribution in [0, 0.1) is 0 Å².